The summed E-state index contributed by atoms with van der Waals surface area (Å²) >= 11 is 0. The van der Waals surface area contributed by atoms with Crippen LogP contribution in [-0.4, -0.2) is 44.9 Å². The topological polar surface area (TPSA) is 75.4 Å². The van der Waals surface area contributed by atoms with Crippen molar-refractivity contribution in [3.63, 3.8) is 0 Å². The molecule has 3 fully saturated rings. The third kappa shape index (κ3) is 6.46. The summed E-state index contributed by atoms with van der Waals surface area (Å²) < 4.78 is 30.4. The van der Waals surface area contributed by atoms with Gasteiger partial charge in [-0.3, -0.25) is 0 Å². The zero-order valence-corrected chi connectivity index (χ0v) is 34.0. The van der Waals surface area contributed by atoms with Crippen molar-refractivity contribution in [3.05, 3.63) is 66.2 Å². The van der Waals surface area contributed by atoms with Crippen molar-refractivity contribution in [2.75, 3.05) is 26.2 Å². The summed E-state index contributed by atoms with van der Waals surface area (Å²) in [6.45, 7) is 14.3. The van der Waals surface area contributed by atoms with E-state index in [4.69, 9.17) is 5.73 Å². The van der Waals surface area contributed by atoms with Crippen LogP contribution in [0.2, 0.25) is 0 Å². The lowest BCUT2D eigenvalue weighted by atomic mass is 9.47. The predicted molar refractivity (Wildman–Crippen MR) is 223 cm³/mol. The molecule has 0 spiro atoms. The third-order valence-corrected chi connectivity index (χ3v) is 17.5. The fourth-order valence-corrected chi connectivity index (χ4v) is 14.5. The van der Waals surface area contributed by atoms with Gasteiger partial charge in [-0.05, 0) is 131 Å². The van der Waals surface area contributed by atoms with Crippen LogP contribution in [0.5, 0.6) is 0 Å². The molecular weight excluding hydrogens is 671 g/mol. The molecule has 3 N–H and O–H groups in total. The van der Waals surface area contributed by atoms with Crippen LogP contribution < -0.4 is 11.1 Å². The first-order chi connectivity index (χ1) is 25.5. The van der Waals surface area contributed by atoms with Crippen molar-refractivity contribution >= 4 is 42.3 Å². The molecule has 1 unspecified atom stereocenters. The Labute approximate surface area is 319 Å². The standard InChI is InChI=1S/C47H65N3O2S/c1-31(2)8-6-9-32(3)40-19-20-41-38-18-16-36-30-37(22-24-46(36,4)42(38)23-25-47(40,41)5)49-27-29-50(28-26-48)53(51,52)43-21-15-35-13-12-33-10-7-11-34-14-17-39(43)45(35)44(33)34/h7,10-17,21,31-32,37-38,40-42,49H,6,8-9,18-20,22-30,48H2,1-5H3/t32-,37?,38+,40-,41+,42+,46+,47-/m1/s1. The Balaban J connectivity index is 0.930. The smallest absolute Gasteiger partial charge is 0.243 e. The SMILES string of the molecule is CC(C)CCC[C@@H](C)[C@H]1CC[C@H]2[C@@H]3CC=C4CC(NCCN(CCN)S(=O)(=O)c5ccc6ccc7cccc8ccc5c6c78)CC[C@]4(C)[C@H]3CC[C@]12C. The molecule has 0 radical (unpaired) electrons. The Kier molecular flexibility index (Phi) is 10.3. The Morgan fingerprint density at radius 3 is 2.34 bits per heavy atom. The lowest BCUT2D eigenvalue weighted by molar-refractivity contribution is -0.0514. The minimum Gasteiger partial charge on any atom is -0.329 e. The molecule has 8 atom stereocenters. The summed E-state index contributed by atoms with van der Waals surface area (Å²) in [4.78, 5) is 0.379. The van der Waals surface area contributed by atoms with Crippen LogP contribution in [0.25, 0.3) is 32.3 Å². The molecule has 4 aromatic rings. The monoisotopic (exact) mass is 735 g/mol. The number of rotatable bonds is 13. The lowest BCUT2D eigenvalue weighted by Crippen LogP contribution is -2.52. The molecular formula is C47H65N3O2S. The molecule has 4 aliphatic rings. The first kappa shape index (κ1) is 37.4. The summed E-state index contributed by atoms with van der Waals surface area (Å²) in [5, 5.41) is 10.1. The van der Waals surface area contributed by atoms with Gasteiger partial charge in [-0.1, -0.05) is 114 Å². The van der Waals surface area contributed by atoms with Gasteiger partial charge in [-0.2, -0.15) is 4.31 Å². The fourth-order valence-electron chi connectivity index (χ4n) is 12.8. The minimum absolute atomic E-state index is 0.292. The summed E-state index contributed by atoms with van der Waals surface area (Å²) in [6, 6.07) is 18.7. The van der Waals surface area contributed by atoms with E-state index in [1.54, 1.807) is 15.9 Å². The average molecular weight is 736 g/mol. The van der Waals surface area contributed by atoms with Gasteiger partial charge in [-0.15, -0.1) is 0 Å². The molecule has 4 aromatic carbocycles. The van der Waals surface area contributed by atoms with Gasteiger partial charge in [0.2, 0.25) is 10.0 Å². The van der Waals surface area contributed by atoms with Crippen LogP contribution >= 0.6 is 0 Å². The second kappa shape index (κ2) is 14.5. The number of hydrogen-bond acceptors (Lipinski definition) is 4. The van der Waals surface area contributed by atoms with Gasteiger partial charge in [-0.25, -0.2) is 8.42 Å². The number of nitrogens with two attached hydrogens (primary N) is 1. The second-order valence-corrected chi connectivity index (χ2v) is 20.7. The van der Waals surface area contributed by atoms with Crippen LogP contribution in [0, 0.1) is 46.3 Å². The number of nitrogens with one attached hydrogen (secondary N) is 1. The summed E-state index contributed by atoms with van der Waals surface area (Å²) in [5.74, 6) is 5.10. The molecule has 286 valence electrons. The van der Waals surface area contributed by atoms with E-state index in [0.717, 1.165) is 80.7 Å². The van der Waals surface area contributed by atoms with Gasteiger partial charge in [0.25, 0.3) is 0 Å². The highest BCUT2D eigenvalue weighted by molar-refractivity contribution is 7.89. The van der Waals surface area contributed by atoms with Gasteiger partial charge < -0.3 is 11.1 Å². The molecule has 0 heterocycles. The largest absolute Gasteiger partial charge is 0.329 e. The van der Waals surface area contributed by atoms with E-state index in [2.05, 4.69) is 82.4 Å². The number of benzene rings is 4. The van der Waals surface area contributed by atoms with E-state index in [9.17, 15) is 8.42 Å². The van der Waals surface area contributed by atoms with Crippen molar-refractivity contribution < 1.29 is 8.42 Å². The zero-order valence-electron chi connectivity index (χ0n) is 33.2. The molecule has 0 aromatic heterocycles. The predicted octanol–water partition coefficient (Wildman–Crippen LogP) is 10.5. The maximum Gasteiger partial charge on any atom is 0.243 e. The normalized spacial score (nSPS) is 30.9. The van der Waals surface area contributed by atoms with Gasteiger partial charge in [0.05, 0.1) is 4.90 Å². The van der Waals surface area contributed by atoms with Crippen molar-refractivity contribution in [1.82, 2.24) is 9.62 Å². The molecule has 0 bridgehead atoms. The summed E-state index contributed by atoms with van der Waals surface area (Å²) in [7, 11) is -3.76. The molecule has 5 nitrogen and oxygen atoms in total. The van der Waals surface area contributed by atoms with Crippen LogP contribution in [0.4, 0.5) is 0 Å². The van der Waals surface area contributed by atoms with Crippen LogP contribution in [0.3, 0.4) is 0 Å². The molecule has 4 aliphatic carbocycles. The van der Waals surface area contributed by atoms with Crippen molar-refractivity contribution in [2.24, 2.45) is 52.1 Å². The molecule has 0 amide bonds. The van der Waals surface area contributed by atoms with Gasteiger partial charge in [0.15, 0.2) is 0 Å². The van der Waals surface area contributed by atoms with Gasteiger partial charge >= 0.3 is 0 Å². The summed E-state index contributed by atoms with van der Waals surface area (Å²) in [6.07, 6.45) is 17.3. The van der Waals surface area contributed by atoms with Crippen molar-refractivity contribution in [2.45, 2.75) is 116 Å². The fraction of sp³-hybridized carbons (Fsp3) is 0.617. The van der Waals surface area contributed by atoms with E-state index in [1.807, 2.05) is 12.1 Å². The highest BCUT2D eigenvalue weighted by atomic mass is 32.2. The maximum atomic E-state index is 14.4. The number of allylic oxidation sites excluding steroid dienone is 1. The molecule has 0 aliphatic heterocycles. The van der Waals surface area contributed by atoms with Crippen LogP contribution in [0.1, 0.15) is 105 Å². The Morgan fingerprint density at radius 1 is 0.849 bits per heavy atom. The Bertz CT molecular complexity index is 2060. The number of fused-ring (bicyclic) bond motifs is 5. The molecule has 8 rings (SSSR count). The maximum absolute atomic E-state index is 14.4. The molecule has 53 heavy (non-hydrogen) atoms. The molecule has 6 heteroatoms. The molecule has 0 saturated heterocycles. The molecule has 3 saturated carbocycles. The highest BCUT2D eigenvalue weighted by Crippen LogP contribution is 2.67. The lowest BCUT2D eigenvalue weighted by Gasteiger charge is -2.58. The van der Waals surface area contributed by atoms with E-state index >= 15 is 0 Å². The van der Waals surface area contributed by atoms with Crippen molar-refractivity contribution in [3.8, 4) is 0 Å². The average Bonchev–Trinajstić information content (AvgIpc) is 3.50. The first-order valence-corrected chi connectivity index (χ1v) is 22.7. The zero-order chi connectivity index (χ0) is 37.1. The number of nitrogens with zero attached hydrogens (tertiary/aromatic N) is 1. The van der Waals surface area contributed by atoms with Crippen molar-refractivity contribution in [1.29, 1.82) is 0 Å². The Hall–Kier alpha value is -2.51. The van der Waals surface area contributed by atoms with Crippen LogP contribution in [-0.2, 0) is 10.0 Å². The quantitative estimate of drug-likeness (QED) is 0.106. The number of hydrogen-bond donors (Lipinski definition) is 2. The minimum atomic E-state index is -3.76. The van der Waals surface area contributed by atoms with Crippen LogP contribution in [0.15, 0.2) is 71.1 Å². The Morgan fingerprint density at radius 2 is 1.58 bits per heavy atom. The summed E-state index contributed by atoms with van der Waals surface area (Å²) in [5.41, 5.74) is 8.56. The van der Waals surface area contributed by atoms with E-state index in [-0.39, 0.29) is 0 Å². The third-order valence-electron chi connectivity index (χ3n) is 15.6. The van der Waals surface area contributed by atoms with E-state index in [1.165, 1.54) is 57.8 Å². The van der Waals surface area contributed by atoms with E-state index < -0.39 is 10.0 Å². The highest BCUT2D eigenvalue weighted by Gasteiger charge is 2.59. The second-order valence-electron chi connectivity index (χ2n) is 18.8. The first-order valence-electron chi connectivity index (χ1n) is 21.3. The van der Waals surface area contributed by atoms with E-state index in [0.29, 0.717) is 47.9 Å². The van der Waals surface area contributed by atoms with Gasteiger partial charge in [0.1, 0.15) is 0 Å². The number of sulfonamides is 1. The van der Waals surface area contributed by atoms with Gasteiger partial charge in [0, 0.05) is 37.6 Å².